The molecule has 15 heavy (non-hydrogen) atoms. The Morgan fingerprint density at radius 1 is 1.07 bits per heavy atom. The van der Waals surface area contributed by atoms with Crippen molar-refractivity contribution in [2.75, 3.05) is 19.6 Å². The predicted molar refractivity (Wildman–Crippen MR) is 69.3 cm³/mol. The topological polar surface area (TPSA) is 15.3 Å². The van der Waals surface area contributed by atoms with Crippen LogP contribution in [-0.2, 0) is 0 Å². The second kappa shape index (κ2) is 6.49. The molecule has 2 atom stereocenters. The molecular weight excluding hydrogens is 184 g/mol. The molecule has 0 aliphatic rings. The highest BCUT2D eigenvalue weighted by molar-refractivity contribution is 4.77. The van der Waals surface area contributed by atoms with Crippen LogP contribution >= 0.6 is 0 Å². The average Bonchev–Trinajstić information content (AvgIpc) is 2.14. The van der Waals surface area contributed by atoms with Crippen LogP contribution < -0.4 is 5.32 Å². The number of rotatable bonds is 6. The van der Waals surface area contributed by atoms with Crippen LogP contribution in [0.5, 0.6) is 0 Å². The fraction of sp³-hybridized carbons (Fsp3) is 1.00. The fourth-order valence-corrected chi connectivity index (χ4v) is 1.80. The van der Waals surface area contributed by atoms with Crippen molar-refractivity contribution < 1.29 is 0 Å². The summed E-state index contributed by atoms with van der Waals surface area (Å²) in [6.45, 7) is 19.2. The Morgan fingerprint density at radius 3 is 1.87 bits per heavy atom. The van der Waals surface area contributed by atoms with E-state index in [-0.39, 0.29) is 5.54 Å². The summed E-state index contributed by atoms with van der Waals surface area (Å²) in [4.78, 5) is 2.52. The van der Waals surface area contributed by atoms with Crippen molar-refractivity contribution in [2.45, 2.75) is 60.0 Å². The SMILES string of the molecule is CCN(CC)C(C)C(C)CNC(C)(C)C. The number of hydrogen-bond acceptors (Lipinski definition) is 2. The standard InChI is InChI=1S/C13H30N2/c1-8-15(9-2)12(4)11(3)10-14-13(5,6)7/h11-12,14H,8-10H2,1-7H3. The third-order valence-electron chi connectivity index (χ3n) is 3.17. The van der Waals surface area contributed by atoms with Gasteiger partial charge in [0.2, 0.25) is 0 Å². The molecule has 0 aliphatic carbocycles. The van der Waals surface area contributed by atoms with Crippen LogP contribution in [0.1, 0.15) is 48.5 Å². The Hall–Kier alpha value is -0.0800. The highest BCUT2D eigenvalue weighted by Crippen LogP contribution is 2.11. The summed E-state index contributed by atoms with van der Waals surface area (Å²) in [6, 6.07) is 0.662. The van der Waals surface area contributed by atoms with E-state index < -0.39 is 0 Å². The molecular formula is C13H30N2. The van der Waals surface area contributed by atoms with Crippen molar-refractivity contribution in [3.63, 3.8) is 0 Å². The first-order valence-corrected chi connectivity index (χ1v) is 6.30. The van der Waals surface area contributed by atoms with E-state index in [0.29, 0.717) is 12.0 Å². The molecule has 1 N–H and O–H groups in total. The minimum absolute atomic E-state index is 0.233. The molecule has 0 rings (SSSR count). The van der Waals surface area contributed by atoms with Crippen molar-refractivity contribution >= 4 is 0 Å². The Morgan fingerprint density at radius 2 is 1.53 bits per heavy atom. The van der Waals surface area contributed by atoms with Gasteiger partial charge in [-0.25, -0.2) is 0 Å². The molecule has 0 bridgehead atoms. The summed E-state index contributed by atoms with van der Waals surface area (Å²) in [5.41, 5.74) is 0.233. The van der Waals surface area contributed by atoms with E-state index in [1.54, 1.807) is 0 Å². The van der Waals surface area contributed by atoms with Gasteiger partial charge in [-0.05, 0) is 53.2 Å². The zero-order valence-electron chi connectivity index (χ0n) is 11.7. The normalized spacial score (nSPS) is 16.8. The maximum Gasteiger partial charge on any atom is 0.0104 e. The van der Waals surface area contributed by atoms with E-state index >= 15 is 0 Å². The highest BCUT2D eigenvalue weighted by Gasteiger charge is 2.19. The maximum absolute atomic E-state index is 3.58. The van der Waals surface area contributed by atoms with Crippen LogP contribution in [0.2, 0.25) is 0 Å². The molecule has 92 valence electrons. The lowest BCUT2D eigenvalue weighted by Crippen LogP contribution is -2.45. The molecule has 0 aromatic heterocycles. The van der Waals surface area contributed by atoms with Gasteiger partial charge in [0, 0.05) is 11.6 Å². The van der Waals surface area contributed by atoms with Crippen molar-refractivity contribution in [2.24, 2.45) is 5.92 Å². The van der Waals surface area contributed by atoms with E-state index in [9.17, 15) is 0 Å². The van der Waals surface area contributed by atoms with Gasteiger partial charge in [0.25, 0.3) is 0 Å². The first-order valence-electron chi connectivity index (χ1n) is 6.30. The summed E-state index contributed by atoms with van der Waals surface area (Å²) in [5.74, 6) is 0.698. The number of hydrogen-bond donors (Lipinski definition) is 1. The Kier molecular flexibility index (Phi) is 6.46. The molecule has 0 saturated heterocycles. The van der Waals surface area contributed by atoms with Crippen LogP contribution in [0.4, 0.5) is 0 Å². The summed E-state index contributed by atoms with van der Waals surface area (Å²) in [5, 5.41) is 3.58. The molecule has 0 saturated carbocycles. The van der Waals surface area contributed by atoms with Gasteiger partial charge in [-0.3, -0.25) is 0 Å². The molecule has 0 amide bonds. The Balaban J connectivity index is 4.03. The third-order valence-corrected chi connectivity index (χ3v) is 3.17. The molecule has 2 nitrogen and oxygen atoms in total. The summed E-state index contributed by atoms with van der Waals surface area (Å²) >= 11 is 0. The summed E-state index contributed by atoms with van der Waals surface area (Å²) in [6.07, 6.45) is 0. The van der Waals surface area contributed by atoms with E-state index in [2.05, 4.69) is 58.7 Å². The van der Waals surface area contributed by atoms with Crippen molar-refractivity contribution in [1.82, 2.24) is 10.2 Å². The largest absolute Gasteiger partial charge is 0.312 e. The molecule has 0 aromatic carbocycles. The quantitative estimate of drug-likeness (QED) is 0.731. The van der Waals surface area contributed by atoms with Crippen LogP contribution in [0.3, 0.4) is 0 Å². The van der Waals surface area contributed by atoms with Crippen LogP contribution in [0.25, 0.3) is 0 Å². The smallest absolute Gasteiger partial charge is 0.0104 e. The summed E-state index contributed by atoms with van der Waals surface area (Å²) < 4.78 is 0. The van der Waals surface area contributed by atoms with E-state index in [0.717, 1.165) is 19.6 Å². The van der Waals surface area contributed by atoms with Gasteiger partial charge in [0.05, 0.1) is 0 Å². The van der Waals surface area contributed by atoms with Gasteiger partial charge in [0.1, 0.15) is 0 Å². The molecule has 0 fully saturated rings. The van der Waals surface area contributed by atoms with Gasteiger partial charge in [-0.1, -0.05) is 20.8 Å². The molecule has 0 spiro atoms. The zero-order valence-corrected chi connectivity index (χ0v) is 11.7. The lowest BCUT2D eigenvalue weighted by molar-refractivity contribution is 0.170. The van der Waals surface area contributed by atoms with Crippen molar-refractivity contribution in [3.05, 3.63) is 0 Å². The lowest BCUT2D eigenvalue weighted by atomic mass is 10.00. The van der Waals surface area contributed by atoms with Gasteiger partial charge in [-0.2, -0.15) is 0 Å². The zero-order chi connectivity index (χ0) is 12.1. The third kappa shape index (κ3) is 6.16. The predicted octanol–water partition coefficient (Wildman–Crippen LogP) is 2.74. The minimum atomic E-state index is 0.233. The van der Waals surface area contributed by atoms with E-state index in [1.807, 2.05) is 0 Å². The van der Waals surface area contributed by atoms with Crippen LogP contribution in [0, 0.1) is 5.92 Å². The maximum atomic E-state index is 3.58. The van der Waals surface area contributed by atoms with Crippen LogP contribution in [0.15, 0.2) is 0 Å². The van der Waals surface area contributed by atoms with E-state index in [4.69, 9.17) is 0 Å². The van der Waals surface area contributed by atoms with Gasteiger partial charge < -0.3 is 10.2 Å². The molecule has 0 aliphatic heterocycles. The molecule has 0 heterocycles. The molecule has 2 unspecified atom stereocenters. The average molecular weight is 214 g/mol. The second-order valence-corrected chi connectivity index (χ2v) is 5.57. The first-order chi connectivity index (χ1) is 6.81. The van der Waals surface area contributed by atoms with Gasteiger partial charge in [-0.15, -0.1) is 0 Å². The van der Waals surface area contributed by atoms with Crippen molar-refractivity contribution in [1.29, 1.82) is 0 Å². The summed E-state index contributed by atoms with van der Waals surface area (Å²) in [7, 11) is 0. The lowest BCUT2D eigenvalue weighted by Gasteiger charge is -2.33. The first kappa shape index (κ1) is 14.9. The monoisotopic (exact) mass is 214 g/mol. The second-order valence-electron chi connectivity index (χ2n) is 5.57. The van der Waals surface area contributed by atoms with Crippen molar-refractivity contribution in [3.8, 4) is 0 Å². The minimum Gasteiger partial charge on any atom is -0.312 e. The Bertz CT molecular complexity index is 156. The number of nitrogens with zero attached hydrogens (tertiary/aromatic N) is 1. The molecule has 2 heteroatoms. The van der Waals surface area contributed by atoms with E-state index in [1.165, 1.54) is 0 Å². The Labute approximate surface area is 96.4 Å². The fourth-order valence-electron chi connectivity index (χ4n) is 1.80. The van der Waals surface area contributed by atoms with Gasteiger partial charge >= 0.3 is 0 Å². The molecule has 0 radical (unpaired) electrons. The highest BCUT2D eigenvalue weighted by atomic mass is 15.1. The van der Waals surface area contributed by atoms with Crippen LogP contribution in [-0.4, -0.2) is 36.1 Å². The molecule has 0 aromatic rings. The van der Waals surface area contributed by atoms with Gasteiger partial charge in [0.15, 0.2) is 0 Å². The number of nitrogens with one attached hydrogen (secondary N) is 1.